The minimum atomic E-state index is -0.228. The van der Waals surface area contributed by atoms with E-state index in [4.69, 9.17) is 27.9 Å². The number of benzene rings is 1. The largest absolute Gasteiger partial charge is 0.480 e. The van der Waals surface area contributed by atoms with Crippen molar-refractivity contribution < 1.29 is 9.53 Å². The van der Waals surface area contributed by atoms with Gasteiger partial charge in [0.1, 0.15) is 5.69 Å². The van der Waals surface area contributed by atoms with E-state index in [0.717, 1.165) is 0 Å². The van der Waals surface area contributed by atoms with E-state index in [1.807, 2.05) is 0 Å². The molecule has 0 aliphatic carbocycles. The molecule has 1 aromatic carbocycles. The fourth-order valence-corrected chi connectivity index (χ4v) is 2.06. The average Bonchev–Trinajstić information content (AvgIpc) is 2.14. The summed E-state index contributed by atoms with van der Waals surface area (Å²) in [5.41, 5.74) is 0.458. The topological polar surface area (TPSA) is 38.3 Å². The van der Waals surface area contributed by atoms with Gasteiger partial charge < -0.3 is 10.1 Å². The van der Waals surface area contributed by atoms with Gasteiger partial charge in [-0.2, -0.15) is 0 Å². The zero-order chi connectivity index (χ0) is 10.3. The van der Waals surface area contributed by atoms with Crippen LogP contribution in [0.2, 0.25) is 10.0 Å². The van der Waals surface area contributed by atoms with E-state index < -0.39 is 0 Å². The van der Waals surface area contributed by atoms with Gasteiger partial charge in [0.15, 0.2) is 12.4 Å². The number of carbonyl (C=O) groups is 1. The van der Waals surface area contributed by atoms with Gasteiger partial charge in [-0.15, -0.1) is 0 Å². The molecule has 0 fully saturated rings. The molecule has 1 amide bonds. The van der Waals surface area contributed by atoms with Gasteiger partial charge in [-0.05, 0) is 22.0 Å². The Kier molecular flexibility index (Phi) is 2.60. The maximum absolute atomic E-state index is 11.0. The van der Waals surface area contributed by atoms with E-state index in [-0.39, 0.29) is 12.5 Å². The minimum absolute atomic E-state index is 0.0255. The van der Waals surface area contributed by atoms with Gasteiger partial charge in [-0.25, -0.2) is 0 Å². The summed E-state index contributed by atoms with van der Waals surface area (Å²) in [6, 6.07) is 1.54. The molecule has 0 atom stereocenters. The van der Waals surface area contributed by atoms with E-state index >= 15 is 0 Å². The van der Waals surface area contributed by atoms with Crippen LogP contribution in [0.5, 0.6) is 5.75 Å². The minimum Gasteiger partial charge on any atom is -0.480 e. The van der Waals surface area contributed by atoms with Crippen LogP contribution in [0.4, 0.5) is 5.69 Å². The third-order valence-electron chi connectivity index (χ3n) is 1.74. The van der Waals surface area contributed by atoms with Crippen molar-refractivity contribution in [3.63, 3.8) is 0 Å². The molecule has 1 aromatic rings. The molecule has 0 bridgehead atoms. The predicted octanol–water partition coefficient (Wildman–Crippen LogP) is 3.09. The number of carbonyl (C=O) groups excluding carboxylic acids is 1. The fourth-order valence-electron chi connectivity index (χ4n) is 1.14. The number of halogens is 3. The van der Waals surface area contributed by atoms with Crippen molar-refractivity contribution in [3.8, 4) is 5.75 Å². The van der Waals surface area contributed by atoms with Crippen molar-refractivity contribution in [1.82, 2.24) is 0 Å². The van der Waals surface area contributed by atoms with Gasteiger partial charge in [-0.3, -0.25) is 4.79 Å². The molecule has 1 aliphatic rings. The van der Waals surface area contributed by atoms with Crippen molar-refractivity contribution in [2.75, 3.05) is 11.9 Å². The van der Waals surface area contributed by atoms with Crippen molar-refractivity contribution in [3.05, 3.63) is 20.6 Å². The van der Waals surface area contributed by atoms with Gasteiger partial charge in [0, 0.05) is 0 Å². The summed E-state index contributed by atoms with van der Waals surface area (Å²) >= 11 is 15.0. The lowest BCUT2D eigenvalue weighted by molar-refractivity contribution is -0.118. The first-order chi connectivity index (χ1) is 6.59. The molecule has 3 nitrogen and oxygen atoms in total. The number of hydrogen-bond acceptors (Lipinski definition) is 2. The molecule has 0 radical (unpaired) electrons. The smallest absolute Gasteiger partial charge is 0.262 e. The zero-order valence-electron chi connectivity index (χ0n) is 6.73. The van der Waals surface area contributed by atoms with Crippen LogP contribution >= 0.6 is 39.1 Å². The van der Waals surface area contributed by atoms with E-state index in [1.165, 1.54) is 0 Å². The highest BCUT2D eigenvalue weighted by Crippen LogP contribution is 2.44. The average molecular weight is 297 g/mol. The number of fused-ring (bicyclic) bond motifs is 1. The second kappa shape index (κ2) is 3.61. The van der Waals surface area contributed by atoms with E-state index in [1.54, 1.807) is 6.07 Å². The van der Waals surface area contributed by atoms with Crippen LogP contribution in [0.15, 0.2) is 10.5 Å². The monoisotopic (exact) mass is 295 g/mol. The Bertz CT molecular complexity index is 422. The summed E-state index contributed by atoms with van der Waals surface area (Å²) in [6.45, 7) is -0.0255. The van der Waals surface area contributed by atoms with Crippen LogP contribution < -0.4 is 10.1 Å². The highest BCUT2D eigenvalue weighted by Gasteiger charge is 2.23. The molecule has 2 rings (SSSR count). The van der Waals surface area contributed by atoms with Gasteiger partial charge in [0.2, 0.25) is 0 Å². The quantitative estimate of drug-likeness (QED) is 0.747. The molecule has 0 aromatic heterocycles. The van der Waals surface area contributed by atoms with Crippen molar-refractivity contribution in [2.24, 2.45) is 0 Å². The van der Waals surface area contributed by atoms with E-state index in [9.17, 15) is 4.79 Å². The van der Waals surface area contributed by atoms with Crippen molar-refractivity contribution >= 4 is 50.7 Å². The molecular formula is C8H4BrCl2NO2. The zero-order valence-corrected chi connectivity index (χ0v) is 9.83. The maximum Gasteiger partial charge on any atom is 0.262 e. The van der Waals surface area contributed by atoms with Gasteiger partial charge in [0.05, 0.1) is 14.5 Å². The third-order valence-corrected chi connectivity index (χ3v) is 3.35. The number of amides is 1. The number of hydrogen-bond donors (Lipinski definition) is 1. The highest BCUT2D eigenvalue weighted by molar-refractivity contribution is 9.10. The number of anilines is 1. The van der Waals surface area contributed by atoms with Crippen molar-refractivity contribution in [2.45, 2.75) is 0 Å². The van der Waals surface area contributed by atoms with Crippen LogP contribution in [-0.2, 0) is 4.79 Å². The Labute approximate surface area is 98.5 Å². The molecule has 14 heavy (non-hydrogen) atoms. The van der Waals surface area contributed by atoms with E-state index in [2.05, 4.69) is 21.2 Å². The predicted molar refractivity (Wildman–Crippen MR) is 58.3 cm³/mol. The number of rotatable bonds is 0. The standard InChI is InChI=1S/C8H4BrCl2NO2/c9-6-3(10)1-4(11)7-8(6)14-2-5(13)12-7/h1H,2H2,(H,12,13). The normalized spacial score (nSPS) is 14.4. The second-order valence-electron chi connectivity index (χ2n) is 2.70. The Balaban J connectivity index is 2.62. The molecule has 1 N–H and O–H groups in total. The molecule has 1 heterocycles. The third kappa shape index (κ3) is 1.58. The molecule has 1 aliphatic heterocycles. The van der Waals surface area contributed by atoms with Crippen molar-refractivity contribution in [1.29, 1.82) is 0 Å². The Morgan fingerprint density at radius 1 is 1.43 bits per heavy atom. The molecule has 0 saturated carbocycles. The lowest BCUT2D eigenvalue weighted by Gasteiger charge is -2.20. The Morgan fingerprint density at radius 2 is 2.14 bits per heavy atom. The molecule has 0 unspecified atom stereocenters. The first-order valence-electron chi connectivity index (χ1n) is 3.69. The summed E-state index contributed by atoms with van der Waals surface area (Å²) in [5, 5.41) is 3.42. The molecule has 74 valence electrons. The number of nitrogens with one attached hydrogen (secondary N) is 1. The van der Waals surface area contributed by atoms with Crippen LogP contribution in [0, 0.1) is 0 Å². The van der Waals surface area contributed by atoms with Crippen LogP contribution in [0.1, 0.15) is 0 Å². The van der Waals surface area contributed by atoms with Gasteiger partial charge >= 0.3 is 0 Å². The first kappa shape index (κ1) is 10.1. The summed E-state index contributed by atoms with van der Waals surface area (Å²) in [7, 11) is 0. The van der Waals surface area contributed by atoms with Crippen LogP contribution in [-0.4, -0.2) is 12.5 Å². The Hall–Kier alpha value is -0.450. The lowest BCUT2D eigenvalue weighted by atomic mass is 10.2. The summed E-state index contributed by atoms with van der Waals surface area (Å²) in [6.07, 6.45) is 0. The van der Waals surface area contributed by atoms with E-state index in [0.29, 0.717) is 26.0 Å². The molecule has 0 saturated heterocycles. The first-order valence-corrected chi connectivity index (χ1v) is 5.24. The SMILES string of the molecule is O=C1COc2c(Br)c(Cl)cc(Cl)c2N1. The summed E-state index contributed by atoms with van der Waals surface area (Å²) in [4.78, 5) is 11.0. The van der Waals surface area contributed by atoms with Gasteiger partial charge in [0.25, 0.3) is 5.91 Å². The van der Waals surface area contributed by atoms with Crippen LogP contribution in [0.3, 0.4) is 0 Å². The fraction of sp³-hybridized carbons (Fsp3) is 0.125. The maximum atomic E-state index is 11.0. The van der Waals surface area contributed by atoms with Crippen LogP contribution in [0.25, 0.3) is 0 Å². The summed E-state index contributed by atoms with van der Waals surface area (Å²) < 4.78 is 5.80. The molecule has 6 heteroatoms. The Morgan fingerprint density at radius 3 is 2.86 bits per heavy atom. The highest BCUT2D eigenvalue weighted by atomic mass is 79.9. The lowest BCUT2D eigenvalue weighted by Crippen LogP contribution is -2.25. The molecule has 0 spiro atoms. The number of ether oxygens (including phenoxy) is 1. The summed E-state index contributed by atoms with van der Waals surface area (Å²) in [5.74, 6) is 0.246. The molecular weight excluding hydrogens is 293 g/mol. The second-order valence-corrected chi connectivity index (χ2v) is 4.30. The van der Waals surface area contributed by atoms with Gasteiger partial charge in [-0.1, -0.05) is 23.2 Å².